The SMILES string of the molecule is CCOP(=O)(CC(=O)N(CCC(=O)c1cccc(Cl)c1F)[C@H]1CCC[C@@H](C)C(=O)Nc2cc(NC(=O)OC)ccc2-c2nc1n(COCC[Si](C)(C)C)c2C)OCC. The van der Waals surface area contributed by atoms with Crippen molar-refractivity contribution in [3.63, 3.8) is 0 Å². The summed E-state index contributed by atoms with van der Waals surface area (Å²) in [6.45, 7) is 14.1. The molecule has 0 aliphatic carbocycles. The van der Waals surface area contributed by atoms with Gasteiger partial charge in [-0.15, -0.1) is 0 Å². The van der Waals surface area contributed by atoms with E-state index in [1.54, 1.807) is 39.0 Å². The van der Waals surface area contributed by atoms with Crippen molar-refractivity contribution in [2.45, 2.75) is 91.8 Å². The van der Waals surface area contributed by atoms with Crippen molar-refractivity contribution < 1.29 is 46.7 Å². The van der Waals surface area contributed by atoms with E-state index in [1.807, 2.05) is 11.5 Å². The summed E-state index contributed by atoms with van der Waals surface area (Å²) in [7, 11) is -4.17. The number of ketones is 1. The maximum atomic E-state index is 15.1. The number of Topliss-reactive ketones (excluding diaryl/α,β-unsaturated/α-hetero) is 1. The van der Waals surface area contributed by atoms with E-state index < -0.39 is 57.4 Å². The molecule has 2 aromatic carbocycles. The van der Waals surface area contributed by atoms with E-state index in [1.165, 1.54) is 30.2 Å². The topological polar surface area (TPSA) is 167 Å². The third kappa shape index (κ3) is 12.3. The van der Waals surface area contributed by atoms with Gasteiger partial charge >= 0.3 is 13.7 Å². The maximum absolute atomic E-state index is 15.1. The zero-order valence-electron chi connectivity index (χ0n) is 34.6. The molecule has 1 aliphatic rings. The number of imidazole rings is 1. The van der Waals surface area contributed by atoms with Gasteiger partial charge in [0.05, 0.1) is 48.3 Å². The zero-order chi connectivity index (χ0) is 42.8. The minimum Gasteiger partial charge on any atom is -0.453 e. The Balaban J connectivity index is 1.93. The van der Waals surface area contributed by atoms with Crippen LogP contribution < -0.4 is 10.6 Å². The Morgan fingerprint density at radius 1 is 1.12 bits per heavy atom. The standard InChI is InChI=1S/C40H56ClFN5O9PSi/c1-9-55-57(52,56-10-2)24-35(49)46(20-19-34(48)30-14-12-15-31(41)36(30)42)33-16-11-13-26(3)39(50)44-32-23-28(43-40(51)53-5)17-18-29(32)37-27(4)47(38(33)45-37)25-54-21-22-58(6,7)8/h12,14-15,17-18,23,26,33H,9-11,13,16,19-22,24-25H2,1-8H3,(H,43,51)(H,44,50)/t26-,33+/m1/s1. The van der Waals surface area contributed by atoms with Crippen molar-refractivity contribution in [3.05, 3.63) is 64.3 Å². The Morgan fingerprint density at radius 3 is 2.48 bits per heavy atom. The predicted molar refractivity (Wildman–Crippen MR) is 225 cm³/mol. The van der Waals surface area contributed by atoms with Gasteiger partial charge in [0.15, 0.2) is 11.6 Å². The molecule has 2 bridgehead atoms. The fourth-order valence-corrected chi connectivity index (χ4v) is 9.09. The number of carbonyl (C=O) groups excluding carboxylic acids is 4. The first-order valence-electron chi connectivity index (χ1n) is 19.5. The predicted octanol–water partition coefficient (Wildman–Crippen LogP) is 9.31. The number of halogens is 2. The molecule has 1 aliphatic heterocycles. The van der Waals surface area contributed by atoms with Crippen molar-refractivity contribution in [3.8, 4) is 11.3 Å². The summed E-state index contributed by atoms with van der Waals surface area (Å²) in [6.07, 6.45) is -0.485. The summed E-state index contributed by atoms with van der Waals surface area (Å²) in [5.74, 6) is -2.39. The summed E-state index contributed by atoms with van der Waals surface area (Å²) in [5.41, 5.74) is 2.21. The van der Waals surface area contributed by atoms with Crippen molar-refractivity contribution >= 4 is 62.3 Å². The van der Waals surface area contributed by atoms with E-state index in [2.05, 4.69) is 30.3 Å². The molecule has 2 N–H and O–H groups in total. The van der Waals surface area contributed by atoms with Gasteiger partial charge in [-0.25, -0.2) is 14.2 Å². The Labute approximate surface area is 346 Å². The molecular weight excluding hydrogens is 808 g/mol. The van der Waals surface area contributed by atoms with Crippen LogP contribution in [0.5, 0.6) is 0 Å². The van der Waals surface area contributed by atoms with Gasteiger partial charge in [-0.05, 0) is 70.0 Å². The smallest absolute Gasteiger partial charge is 0.411 e. The number of methoxy groups -OCH3 is 1. The molecule has 0 spiro atoms. The number of hydrogen-bond acceptors (Lipinski definition) is 10. The highest BCUT2D eigenvalue weighted by Crippen LogP contribution is 2.49. The second kappa shape index (κ2) is 20.9. The van der Waals surface area contributed by atoms with Crippen LogP contribution in [0.1, 0.15) is 74.4 Å². The molecule has 3 aromatic rings. The quantitative estimate of drug-likeness (QED) is 0.0578. The largest absolute Gasteiger partial charge is 0.453 e. The van der Waals surface area contributed by atoms with Crippen LogP contribution in [0.15, 0.2) is 36.4 Å². The zero-order valence-corrected chi connectivity index (χ0v) is 37.3. The molecular formula is C40H56ClFN5O9PSi. The third-order valence-corrected chi connectivity index (χ3v) is 13.8. The van der Waals surface area contributed by atoms with Gasteiger partial charge in [0.2, 0.25) is 11.8 Å². The molecule has 58 heavy (non-hydrogen) atoms. The fraction of sp³-hybridized carbons (Fsp3) is 0.525. The van der Waals surface area contributed by atoms with E-state index in [0.29, 0.717) is 53.6 Å². The van der Waals surface area contributed by atoms with E-state index in [4.69, 9.17) is 35.1 Å². The number of nitrogens with zero attached hydrogens (tertiary/aromatic N) is 3. The van der Waals surface area contributed by atoms with Gasteiger partial charge in [-0.2, -0.15) is 0 Å². The average molecular weight is 864 g/mol. The van der Waals surface area contributed by atoms with Crippen LogP contribution >= 0.6 is 19.2 Å². The van der Waals surface area contributed by atoms with Crippen LogP contribution in [0.25, 0.3) is 11.3 Å². The van der Waals surface area contributed by atoms with Crippen LogP contribution in [0.3, 0.4) is 0 Å². The number of rotatable bonds is 17. The normalized spacial score (nSPS) is 16.1. The summed E-state index contributed by atoms with van der Waals surface area (Å²) < 4.78 is 52.9. The Kier molecular flexibility index (Phi) is 16.8. The lowest BCUT2D eigenvalue weighted by Crippen LogP contribution is -2.40. The van der Waals surface area contributed by atoms with Crippen molar-refractivity contribution in [1.29, 1.82) is 0 Å². The molecule has 0 fully saturated rings. The molecule has 14 nitrogen and oxygen atoms in total. The van der Waals surface area contributed by atoms with Crippen LogP contribution in [0.4, 0.5) is 20.6 Å². The number of ether oxygens (including phenoxy) is 2. The first-order chi connectivity index (χ1) is 27.4. The molecule has 18 heteroatoms. The number of anilines is 2. The molecule has 3 amide bonds. The minimum atomic E-state index is -3.94. The van der Waals surface area contributed by atoms with Gasteiger partial charge in [0.1, 0.15) is 18.7 Å². The number of nitrogens with one attached hydrogen (secondary N) is 2. The minimum absolute atomic E-state index is 0.0263. The second-order valence-electron chi connectivity index (χ2n) is 15.4. The molecule has 318 valence electrons. The van der Waals surface area contributed by atoms with Crippen LogP contribution in [0, 0.1) is 18.7 Å². The van der Waals surface area contributed by atoms with Gasteiger partial charge in [0.25, 0.3) is 0 Å². The molecule has 2 heterocycles. The average Bonchev–Trinajstić information content (AvgIpc) is 3.47. The third-order valence-electron chi connectivity index (χ3n) is 9.80. The van der Waals surface area contributed by atoms with E-state index in [9.17, 15) is 23.7 Å². The summed E-state index contributed by atoms with van der Waals surface area (Å²) in [5, 5.41) is 5.45. The monoisotopic (exact) mass is 863 g/mol. The van der Waals surface area contributed by atoms with Crippen molar-refractivity contribution in [2.75, 3.05) is 50.3 Å². The van der Waals surface area contributed by atoms with Gasteiger partial charge in [-0.1, -0.05) is 50.7 Å². The Morgan fingerprint density at radius 2 is 1.83 bits per heavy atom. The number of carbonyl (C=O) groups is 4. The first-order valence-corrected chi connectivity index (χ1v) is 25.3. The van der Waals surface area contributed by atoms with Gasteiger partial charge < -0.3 is 33.3 Å². The number of hydrogen-bond donors (Lipinski definition) is 2. The van der Waals surface area contributed by atoms with Crippen LogP contribution in [-0.4, -0.2) is 85.9 Å². The number of aromatic nitrogens is 2. The first kappa shape index (κ1) is 46.8. The summed E-state index contributed by atoms with van der Waals surface area (Å²) in [4.78, 5) is 60.6. The molecule has 0 unspecified atom stereocenters. The van der Waals surface area contributed by atoms with Crippen molar-refractivity contribution in [2.24, 2.45) is 5.92 Å². The number of benzene rings is 2. The van der Waals surface area contributed by atoms with Crippen molar-refractivity contribution in [1.82, 2.24) is 14.5 Å². The molecule has 0 radical (unpaired) electrons. The van der Waals surface area contributed by atoms with E-state index >= 15 is 4.39 Å². The second-order valence-corrected chi connectivity index (χ2v) is 23.4. The Hall–Kier alpha value is -3.92. The molecule has 0 saturated heterocycles. The number of amides is 3. The van der Waals surface area contributed by atoms with Crippen LogP contribution in [-0.2, 0) is 39.4 Å². The highest BCUT2D eigenvalue weighted by molar-refractivity contribution is 7.54. The lowest BCUT2D eigenvalue weighted by molar-refractivity contribution is -0.131. The van der Waals surface area contributed by atoms with E-state index in [-0.39, 0.29) is 55.8 Å². The highest BCUT2D eigenvalue weighted by Gasteiger charge is 2.37. The molecule has 2 atom stereocenters. The fourth-order valence-electron chi connectivity index (χ4n) is 6.60. The lowest BCUT2D eigenvalue weighted by atomic mass is 9.98. The maximum Gasteiger partial charge on any atom is 0.411 e. The van der Waals surface area contributed by atoms with E-state index in [0.717, 1.165) is 6.04 Å². The highest BCUT2D eigenvalue weighted by atomic mass is 35.5. The Bertz CT molecular complexity index is 2000. The lowest BCUT2D eigenvalue weighted by Gasteiger charge is -2.33. The molecule has 1 aromatic heterocycles. The van der Waals surface area contributed by atoms with Crippen LogP contribution in [0.2, 0.25) is 30.7 Å². The van der Waals surface area contributed by atoms with Gasteiger partial charge in [0, 0.05) is 50.5 Å². The van der Waals surface area contributed by atoms with Gasteiger partial charge in [-0.3, -0.25) is 24.3 Å². The summed E-state index contributed by atoms with van der Waals surface area (Å²) >= 11 is 6.02. The summed E-state index contributed by atoms with van der Waals surface area (Å²) in [6, 6.07) is 9.21. The molecule has 4 rings (SSSR count). The number of fused-ring (bicyclic) bond motifs is 4. The molecule has 0 saturated carbocycles.